The molecule has 4 nitrogen and oxygen atoms in total. The SMILES string of the molecule is Cc1cc(Sc2nc(Cl)nc3ccccc23)n(C)n1. The molecule has 0 amide bonds. The Labute approximate surface area is 119 Å². The molecule has 0 saturated heterocycles. The van der Waals surface area contributed by atoms with Crippen molar-refractivity contribution in [1.82, 2.24) is 19.7 Å². The number of fused-ring (bicyclic) bond motifs is 1. The molecule has 1 aromatic carbocycles. The predicted octanol–water partition coefficient (Wildman–Crippen LogP) is 3.48. The van der Waals surface area contributed by atoms with Crippen molar-refractivity contribution in [2.75, 3.05) is 0 Å². The first-order valence-electron chi connectivity index (χ1n) is 5.74. The van der Waals surface area contributed by atoms with E-state index in [1.807, 2.05) is 49.0 Å². The monoisotopic (exact) mass is 290 g/mol. The van der Waals surface area contributed by atoms with Crippen LogP contribution in [0.25, 0.3) is 10.9 Å². The average molecular weight is 291 g/mol. The smallest absolute Gasteiger partial charge is 0.224 e. The van der Waals surface area contributed by atoms with Crippen molar-refractivity contribution in [1.29, 1.82) is 0 Å². The minimum atomic E-state index is 0.264. The number of halogens is 1. The maximum atomic E-state index is 5.98. The summed E-state index contributed by atoms with van der Waals surface area (Å²) in [5.74, 6) is 0. The van der Waals surface area contributed by atoms with Gasteiger partial charge >= 0.3 is 0 Å². The summed E-state index contributed by atoms with van der Waals surface area (Å²) in [6.07, 6.45) is 0. The Kier molecular flexibility index (Phi) is 3.16. The van der Waals surface area contributed by atoms with E-state index in [1.165, 1.54) is 0 Å². The Morgan fingerprint density at radius 1 is 1.21 bits per heavy atom. The zero-order valence-electron chi connectivity index (χ0n) is 10.5. The predicted molar refractivity (Wildman–Crippen MR) is 76.6 cm³/mol. The van der Waals surface area contributed by atoms with Crippen molar-refractivity contribution in [3.63, 3.8) is 0 Å². The van der Waals surface area contributed by atoms with Crippen LogP contribution in [0.5, 0.6) is 0 Å². The van der Waals surface area contributed by atoms with Gasteiger partial charge in [0.2, 0.25) is 5.28 Å². The van der Waals surface area contributed by atoms with E-state index in [9.17, 15) is 0 Å². The number of aryl methyl sites for hydroxylation is 2. The molecule has 0 bridgehead atoms. The van der Waals surface area contributed by atoms with E-state index < -0.39 is 0 Å². The molecule has 6 heteroatoms. The van der Waals surface area contributed by atoms with Gasteiger partial charge in [0.05, 0.1) is 11.2 Å². The van der Waals surface area contributed by atoms with Crippen molar-refractivity contribution < 1.29 is 0 Å². The first kappa shape index (κ1) is 12.4. The van der Waals surface area contributed by atoms with Crippen LogP contribution in [0, 0.1) is 6.92 Å². The Hall–Kier alpha value is -1.59. The molecule has 96 valence electrons. The molecule has 0 aliphatic rings. The van der Waals surface area contributed by atoms with Gasteiger partial charge in [-0.3, -0.25) is 4.68 Å². The average Bonchev–Trinajstić information content (AvgIpc) is 2.67. The van der Waals surface area contributed by atoms with Crippen LogP contribution in [-0.4, -0.2) is 19.7 Å². The number of nitrogens with zero attached hydrogens (tertiary/aromatic N) is 4. The van der Waals surface area contributed by atoms with E-state index in [0.29, 0.717) is 0 Å². The summed E-state index contributed by atoms with van der Waals surface area (Å²) in [5, 5.41) is 7.46. The third-order valence-corrected chi connectivity index (χ3v) is 3.97. The number of para-hydroxylation sites is 1. The lowest BCUT2D eigenvalue weighted by Gasteiger charge is -2.05. The Balaban J connectivity index is 2.12. The molecule has 0 unspecified atom stereocenters. The highest BCUT2D eigenvalue weighted by molar-refractivity contribution is 7.99. The van der Waals surface area contributed by atoms with Crippen molar-refractivity contribution in [2.24, 2.45) is 7.05 Å². The maximum Gasteiger partial charge on any atom is 0.224 e. The minimum absolute atomic E-state index is 0.264. The molecular weight excluding hydrogens is 280 g/mol. The van der Waals surface area contributed by atoms with Crippen LogP contribution in [0.2, 0.25) is 5.28 Å². The maximum absolute atomic E-state index is 5.98. The summed E-state index contributed by atoms with van der Waals surface area (Å²) in [4.78, 5) is 8.55. The summed E-state index contributed by atoms with van der Waals surface area (Å²) >= 11 is 7.52. The van der Waals surface area contributed by atoms with Gasteiger partial charge in [-0.25, -0.2) is 9.97 Å². The minimum Gasteiger partial charge on any atom is -0.261 e. The fraction of sp³-hybridized carbons (Fsp3) is 0.154. The van der Waals surface area contributed by atoms with Crippen LogP contribution in [0.15, 0.2) is 40.4 Å². The lowest BCUT2D eigenvalue weighted by atomic mass is 10.2. The second-order valence-corrected chi connectivity index (χ2v) is 5.51. The van der Waals surface area contributed by atoms with Gasteiger partial charge in [-0.1, -0.05) is 18.2 Å². The number of hydrogen-bond donors (Lipinski definition) is 0. The standard InChI is InChI=1S/C13H11ClN4S/c1-8-7-11(18(2)17-8)19-12-9-5-3-4-6-10(9)15-13(14)16-12/h3-7H,1-2H3. The lowest BCUT2D eigenvalue weighted by molar-refractivity contribution is 0.692. The van der Waals surface area contributed by atoms with E-state index >= 15 is 0 Å². The zero-order chi connectivity index (χ0) is 13.4. The van der Waals surface area contributed by atoms with Gasteiger partial charge in [-0.15, -0.1) is 0 Å². The molecule has 0 saturated carbocycles. The number of benzene rings is 1. The Bertz CT molecular complexity index is 753. The van der Waals surface area contributed by atoms with Crippen molar-refractivity contribution in [3.05, 3.63) is 41.3 Å². The van der Waals surface area contributed by atoms with Gasteiger partial charge in [0.25, 0.3) is 0 Å². The summed E-state index contributed by atoms with van der Waals surface area (Å²) in [5.41, 5.74) is 1.83. The van der Waals surface area contributed by atoms with Crippen molar-refractivity contribution >= 4 is 34.3 Å². The number of aromatic nitrogens is 4. The molecule has 0 fully saturated rings. The van der Waals surface area contributed by atoms with Gasteiger partial charge < -0.3 is 0 Å². The summed E-state index contributed by atoms with van der Waals surface area (Å²) in [7, 11) is 1.92. The second-order valence-electron chi connectivity index (χ2n) is 4.16. The topological polar surface area (TPSA) is 43.6 Å². The highest BCUT2D eigenvalue weighted by atomic mass is 35.5. The molecule has 2 heterocycles. The normalized spacial score (nSPS) is 11.1. The molecule has 0 aliphatic heterocycles. The fourth-order valence-corrected chi connectivity index (χ4v) is 3.12. The van der Waals surface area contributed by atoms with Crippen molar-refractivity contribution in [2.45, 2.75) is 17.0 Å². The first-order chi connectivity index (χ1) is 9.13. The van der Waals surface area contributed by atoms with Gasteiger partial charge in [0, 0.05) is 12.4 Å². The highest BCUT2D eigenvalue weighted by Gasteiger charge is 2.10. The third-order valence-electron chi connectivity index (χ3n) is 2.70. The molecule has 0 N–H and O–H groups in total. The van der Waals surface area contributed by atoms with Gasteiger partial charge in [-0.2, -0.15) is 5.10 Å². The number of hydrogen-bond acceptors (Lipinski definition) is 4. The molecular formula is C13H11ClN4S. The molecule has 3 rings (SSSR count). The van der Waals surface area contributed by atoms with Crippen LogP contribution >= 0.6 is 23.4 Å². The van der Waals surface area contributed by atoms with Gasteiger partial charge in [0.1, 0.15) is 10.1 Å². The van der Waals surface area contributed by atoms with Crippen LogP contribution in [0.1, 0.15) is 5.69 Å². The fourth-order valence-electron chi connectivity index (χ4n) is 1.88. The second kappa shape index (κ2) is 4.83. The molecule has 0 atom stereocenters. The molecule has 0 spiro atoms. The number of rotatable bonds is 2. The van der Waals surface area contributed by atoms with E-state index in [1.54, 1.807) is 11.8 Å². The molecule has 0 aliphatic carbocycles. The Morgan fingerprint density at radius 2 is 2.00 bits per heavy atom. The van der Waals surface area contributed by atoms with E-state index in [-0.39, 0.29) is 5.28 Å². The summed E-state index contributed by atoms with van der Waals surface area (Å²) in [6, 6.07) is 9.86. The highest BCUT2D eigenvalue weighted by Crippen LogP contribution is 2.32. The van der Waals surface area contributed by atoms with Crippen LogP contribution in [-0.2, 0) is 7.05 Å². The summed E-state index contributed by atoms with van der Waals surface area (Å²) < 4.78 is 1.84. The van der Waals surface area contributed by atoms with Crippen LogP contribution in [0.3, 0.4) is 0 Å². The third kappa shape index (κ3) is 2.43. The van der Waals surface area contributed by atoms with Crippen LogP contribution in [0.4, 0.5) is 0 Å². The van der Waals surface area contributed by atoms with E-state index in [4.69, 9.17) is 11.6 Å². The van der Waals surface area contributed by atoms with E-state index in [0.717, 1.165) is 26.6 Å². The molecule has 19 heavy (non-hydrogen) atoms. The summed E-state index contributed by atoms with van der Waals surface area (Å²) in [6.45, 7) is 1.97. The lowest BCUT2D eigenvalue weighted by Crippen LogP contribution is -1.94. The quantitative estimate of drug-likeness (QED) is 0.535. The molecule has 3 aromatic rings. The largest absolute Gasteiger partial charge is 0.261 e. The molecule has 0 radical (unpaired) electrons. The van der Waals surface area contributed by atoms with Gasteiger partial charge in [-0.05, 0) is 42.4 Å². The van der Waals surface area contributed by atoms with E-state index in [2.05, 4.69) is 15.1 Å². The van der Waals surface area contributed by atoms with Crippen molar-refractivity contribution in [3.8, 4) is 0 Å². The first-order valence-corrected chi connectivity index (χ1v) is 6.94. The van der Waals surface area contributed by atoms with Gasteiger partial charge in [0.15, 0.2) is 0 Å². The molecule has 2 aromatic heterocycles. The Morgan fingerprint density at radius 3 is 2.74 bits per heavy atom. The zero-order valence-corrected chi connectivity index (χ0v) is 12.0. The van der Waals surface area contributed by atoms with Crippen LogP contribution < -0.4 is 0 Å².